The summed E-state index contributed by atoms with van der Waals surface area (Å²) in [6, 6.07) is 10.8. The number of nitrogens with zero attached hydrogens (tertiary/aromatic N) is 2. The molecule has 0 saturated heterocycles. The Balaban J connectivity index is 1.85. The maximum absolute atomic E-state index is 13.2. The van der Waals surface area contributed by atoms with Gasteiger partial charge >= 0.3 is 6.18 Å². The Kier molecular flexibility index (Phi) is 7.85. The fourth-order valence-corrected chi connectivity index (χ4v) is 3.40. The summed E-state index contributed by atoms with van der Waals surface area (Å²) in [7, 11) is 0. The number of amides is 2. The molecule has 182 valence electrons. The SMILES string of the molecule is NC(=O)c1cc(CN(CCc2ccc(C(F)(F)F)cn2)C(=O)C(=O)c2ccc(F)cc2)ccc1Cl. The largest absolute Gasteiger partial charge is 0.417 e. The van der Waals surface area contributed by atoms with Gasteiger partial charge in [0, 0.05) is 37.0 Å². The number of hydrogen-bond donors (Lipinski definition) is 1. The zero-order valence-electron chi connectivity index (χ0n) is 18.0. The highest BCUT2D eigenvalue weighted by Gasteiger charge is 2.30. The molecular weight excluding hydrogens is 490 g/mol. The van der Waals surface area contributed by atoms with Gasteiger partial charge in [-0.25, -0.2) is 4.39 Å². The first-order valence-electron chi connectivity index (χ1n) is 10.1. The van der Waals surface area contributed by atoms with E-state index in [1.54, 1.807) is 0 Å². The molecule has 6 nitrogen and oxygen atoms in total. The summed E-state index contributed by atoms with van der Waals surface area (Å²) >= 11 is 5.97. The van der Waals surface area contributed by atoms with Crippen LogP contribution < -0.4 is 5.73 Å². The van der Waals surface area contributed by atoms with E-state index in [1.807, 2.05) is 0 Å². The average Bonchev–Trinajstić information content (AvgIpc) is 2.82. The highest BCUT2D eigenvalue weighted by molar-refractivity contribution is 6.42. The quantitative estimate of drug-likeness (QED) is 0.277. The smallest absolute Gasteiger partial charge is 0.366 e. The molecule has 0 spiro atoms. The summed E-state index contributed by atoms with van der Waals surface area (Å²) < 4.78 is 51.5. The van der Waals surface area contributed by atoms with Crippen LogP contribution in [0, 0.1) is 5.82 Å². The van der Waals surface area contributed by atoms with Crippen LogP contribution in [0.15, 0.2) is 60.8 Å². The second kappa shape index (κ2) is 10.6. The number of alkyl halides is 3. The molecule has 0 aliphatic heterocycles. The van der Waals surface area contributed by atoms with E-state index in [1.165, 1.54) is 36.4 Å². The van der Waals surface area contributed by atoms with Gasteiger partial charge in [-0.05, 0) is 54.1 Å². The number of primary amides is 1. The van der Waals surface area contributed by atoms with Gasteiger partial charge in [-0.3, -0.25) is 19.4 Å². The third-order valence-corrected chi connectivity index (χ3v) is 5.38. The monoisotopic (exact) mass is 507 g/mol. The fourth-order valence-electron chi connectivity index (χ4n) is 3.19. The number of aromatic nitrogens is 1. The molecule has 0 aliphatic rings. The van der Waals surface area contributed by atoms with Crippen molar-refractivity contribution in [2.24, 2.45) is 5.73 Å². The number of ketones is 1. The van der Waals surface area contributed by atoms with Crippen molar-refractivity contribution in [1.82, 2.24) is 9.88 Å². The van der Waals surface area contributed by atoms with Crippen LogP contribution in [-0.2, 0) is 23.9 Å². The van der Waals surface area contributed by atoms with E-state index >= 15 is 0 Å². The van der Waals surface area contributed by atoms with Crippen LogP contribution >= 0.6 is 11.6 Å². The zero-order valence-corrected chi connectivity index (χ0v) is 18.7. The minimum absolute atomic E-state index is 0.0193. The second-order valence-electron chi connectivity index (χ2n) is 7.53. The fraction of sp³-hybridized carbons (Fsp3) is 0.167. The molecule has 0 unspecified atom stereocenters. The van der Waals surface area contributed by atoms with Gasteiger partial charge < -0.3 is 10.6 Å². The van der Waals surface area contributed by atoms with Crippen molar-refractivity contribution in [1.29, 1.82) is 0 Å². The lowest BCUT2D eigenvalue weighted by Crippen LogP contribution is -2.37. The van der Waals surface area contributed by atoms with Gasteiger partial charge in [0.2, 0.25) is 11.7 Å². The molecule has 2 aromatic carbocycles. The predicted molar refractivity (Wildman–Crippen MR) is 119 cm³/mol. The van der Waals surface area contributed by atoms with Crippen molar-refractivity contribution < 1.29 is 31.9 Å². The van der Waals surface area contributed by atoms with Crippen LogP contribution in [0.25, 0.3) is 0 Å². The van der Waals surface area contributed by atoms with Crippen molar-refractivity contribution in [2.45, 2.75) is 19.1 Å². The summed E-state index contributed by atoms with van der Waals surface area (Å²) in [5, 5.41) is 0.107. The number of carbonyl (C=O) groups excluding carboxylic acids is 3. The number of halogens is 5. The molecule has 0 radical (unpaired) electrons. The molecular formula is C24H18ClF4N3O3. The van der Waals surface area contributed by atoms with E-state index < -0.39 is 35.2 Å². The van der Waals surface area contributed by atoms with E-state index in [4.69, 9.17) is 17.3 Å². The van der Waals surface area contributed by atoms with E-state index in [9.17, 15) is 31.9 Å². The van der Waals surface area contributed by atoms with Crippen LogP contribution in [0.1, 0.15) is 37.5 Å². The Morgan fingerprint density at radius 2 is 1.69 bits per heavy atom. The minimum Gasteiger partial charge on any atom is -0.366 e. The number of rotatable bonds is 8. The van der Waals surface area contributed by atoms with Gasteiger partial charge in [0.25, 0.3) is 5.91 Å². The third-order valence-electron chi connectivity index (χ3n) is 5.05. The van der Waals surface area contributed by atoms with Crippen LogP contribution in [0.5, 0.6) is 0 Å². The average molecular weight is 508 g/mol. The Morgan fingerprint density at radius 3 is 2.26 bits per heavy atom. The molecule has 11 heteroatoms. The van der Waals surface area contributed by atoms with Gasteiger partial charge in [-0.1, -0.05) is 17.7 Å². The number of carbonyl (C=O) groups is 3. The maximum atomic E-state index is 13.2. The molecule has 1 heterocycles. The first kappa shape index (κ1) is 25.8. The molecule has 2 amide bonds. The van der Waals surface area contributed by atoms with Gasteiger partial charge in [-0.15, -0.1) is 0 Å². The summed E-state index contributed by atoms with van der Waals surface area (Å²) in [5.41, 5.74) is 5.07. The summed E-state index contributed by atoms with van der Waals surface area (Å²) in [5.74, 6) is -3.21. The highest BCUT2D eigenvalue weighted by Crippen LogP contribution is 2.28. The third kappa shape index (κ3) is 6.63. The van der Waals surface area contributed by atoms with Crippen molar-refractivity contribution in [3.63, 3.8) is 0 Å². The molecule has 3 rings (SSSR count). The lowest BCUT2D eigenvalue weighted by molar-refractivity contribution is -0.137. The van der Waals surface area contributed by atoms with Crippen molar-refractivity contribution in [2.75, 3.05) is 6.54 Å². The van der Waals surface area contributed by atoms with Gasteiger partial charge in [0.15, 0.2) is 0 Å². The molecule has 1 aromatic heterocycles. The van der Waals surface area contributed by atoms with Gasteiger partial charge in [0.05, 0.1) is 16.1 Å². The van der Waals surface area contributed by atoms with Crippen LogP contribution in [0.3, 0.4) is 0 Å². The number of hydrogen-bond acceptors (Lipinski definition) is 4. The van der Waals surface area contributed by atoms with Crippen LogP contribution in [-0.4, -0.2) is 34.0 Å². The molecule has 0 atom stereocenters. The molecule has 0 fully saturated rings. The summed E-state index contributed by atoms with van der Waals surface area (Å²) in [4.78, 5) is 42.3. The normalized spacial score (nSPS) is 11.2. The number of Topliss-reactive ketones (excluding diaryl/α,β-unsaturated/α-hetero) is 1. The topological polar surface area (TPSA) is 93.4 Å². The van der Waals surface area contributed by atoms with E-state index in [-0.39, 0.29) is 41.4 Å². The van der Waals surface area contributed by atoms with E-state index in [2.05, 4.69) is 4.98 Å². The summed E-state index contributed by atoms with van der Waals surface area (Å²) in [6.45, 7) is -0.220. The minimum atomic E-state index is -4.54. The second-order valence-corrected chi connectivity index (χ2v) is 7.93. The lowest BCUT2D eigenvalue weighted by Gasteiger charge is -2.22. The highest BCUT2D eigenvalue weighted by atomic mass is 35.5. The van der Waals surface area contributed by atoms with Crippen LogP contribution in [0.4, 0.5) is 17.6 Å². The molecule has 0 bridgehead atoms. The zero-order chi connectivity index (χ0) is 25.8. The van der Waals surface area contributed by atoms with Crippen molar-refractivity contribution in [3.8, 4) is 0 Å². The first-order chi connectivity index (χ1) is 16.5. The van der Waals surface area contributed by atoms with Crippen molar-refractivity contribution in [3.05, 3.63) is 99.6 Å². The Hall–Kier alpha value is -3.79. The van der Waals surface area contributed by atoms with E-state index in [0.29, 0.717) is 11.8 Å². The van der Waals surface area contributed by atoms with Crippen molar-refractivity contribution >= 4 is 29.2 Å². The van der Waals surface area contributed by atoms with E-state index in [0.717, 1.165) is 23.1 Å². The molecule has 0 saturated carbocycles. The maximum Gasteiger partial charge on any atom is 0.417 e. The van der Waals surface area contributed by atoms with Crippen LogP contribution in [0.2, 0.25) is 5.02 Å². The number of nitrogens with two attached hydrogens (primary N) is 1. The Labute approximate surface area is 202 Å². The molecule has 0 aliphatic carbocycles. The first-order valence-corrected chi connectivity index (χ1v) is 10.5. The standard InChI is InChI=1S/C24H18ClF4N3O3/c25-20-8-1-14(11-19(20)22(30)34)13-32(23(35)21(33)15-2-5-17(26)6-3-15)10-9-18-7-4-16(12-31-18)24(27,28)29/h1-8,11-12H,9-10,13H2,(H2,30,34). The number of pyridine rings is 1. The van der Waals surface area contributed by atoms with Gasteiger partial charge in [0.1, 0.15) is 5.82 Å². The number of benzene rings is 2. The van der Waals surface area contributed by atoms with Gasteiger partial charge in [-0.2, -0.15) is 13.2 Å². The lowest BCUT2D eigenvalue weighted by atomic mass is 10.1. The predicted octanol–water partition coefficient (Wildman–Crippen LogP) is 4.45. The Bertz CT molecular complexity index is 1250. The Morgan fingerprint density at radius 1 is 1.00 bits per heavy atom. The summed E-state index contributed by atoms with van der Waals surface area (Å²) in [6.07, 6.45) is -3.82. The molecule has 2 N–H and O–H groups in total. The molecule has 3 aromatic rings. The molecule has 35 heavy (non-hydrogen) atoms.